The molecule has 2 heterocycles. The molecular weight excluding hydrogens is 294 g/mol. The van der Waals surface area contributed by atoms with Gasteiger partial charge in [0.25, 0.3) is 0 Å². The van der Waals surface area contributed by atoms with Crippen LogP contribution in [0.3, 0.4) is 0 Å². The van der Waals surface area contributed by atoms with Crippen molar-refractivity contribution >= 4 is 32.7 Å². The Morgan fingerprint density at radius 1 is 0.583 bits per heavy atom. The summed E-state index contributed by atoms with van der Waals surface area (Å²) in [6, 6.07) is 24.5. The van der Waals surface area contributed by atoms with E-state index >= 15 is 0 Å². The molecule has 2 aromatic heterocycles. The highest BCUT2D eigenvalue weighted by molar-refractivity contribution is 6.00. The molecule has 3 nitrogen and oxygen atoms in total. The van der Waals surface area contributed by atoms with E-state index in [2.05, 4.69) is 23.2 Å². The quantitative estimate of drug-likeness (QED) is 0.409. The van der Waals surface area contributed by atoms with Crippen LogP contribution in [0.15, 0.2) is 79.0 Å². The van der Waals surface area contributed by atoms with Crippen molar-refractivity contribution < 1.29 is 0 Å². The first-order valence-corrected chi connectivity index (χ1v) is 7.89. The molecule has 0 amide bonds. The van der Waals surface area contributed by atoms with Gasteiger partial charge in [0.2, 0.25) is 0 Å². The van der Waals surface area contributed by atoms with Gasteiger partial charge < -0.3 is 0 Å². The molecule has 0 unspecified atom stereocenters. The van der Waals surface area contributed by atoms with E-state index in [0.717, 1.165) is 44.1 Å². The lowest BCUT2D eigenvalue weighted by Gasteiger charge is -2.07. The summed E-state index contributed by atoms with van der Waals surface area (Å²) in [5.74, 6) is 0.733. The zero-order valence-corrected chi connectivity index (χ0v) is 12.8. The van der Waals surface area contributed by atoms with Crippen LogP contribution in [0.5, 0.6) is 0 Å². The molecule has 0 radical (unpaired) electrons. The molecule has 0 aliphatic heterocycles. The molecule has 0 spiro atoms. The van der Waals surface area contributed by atoms with Crippen molar-refractivity contribution in [3.63, 3.8) is 0 Å². The topological polar surface area (TPSA) is 38.7 Å². The van der Waals surface area contributed by atoms with Gasteiger partial charge in [-0.3, -0.25) is 0 Å². The number of rotatable bonds is 1. The Bertz CT molecular complexity index is 1210. The molecule has 0 aliphatic rings. The van der Waals surface area contributed by atoms with Gasteiger partial charge in [0.05, 0.1) is 16.6 Å². The second-order valence-electron chi connectivity index (χ2n) is 5.81. The van der Waals surface area contributed by atoms with Gasteiger partial charge in [-0.05, 0) is 24.3 Å². The van der Waals surface area contributed by atoms with Crippen LogP contribution in [0.25, 0.3) is 44.1 Å². The molecule has 5 aromatic rings. The third-order valence-corrected chi connectivity index (χ3v) is 4.29. The molecule has 0 aliphatic carbocycles. The third-order valence-electron chi connectivity index (χ3n) is 4.29. The maximum Gasteiger partial charge on any atom is 0.160 e. The fourth-order valence-corrected chi connectivity index (χ4v) is 3.10. The first-order chi connectivity index (χ1) is 11.9. The summed E-state index contributed by atoms with van der Waals surface area (Å²) in [4.78, 5) is 14.1. The minimum absolute atomic E-state index is 0.733. The number of aromatic nitrogens is 3. The highest BCUT2D eigenvalue weighted by Crippen LogP contribution is 2.28. The maximum absolute atomic E-state index is 4.77. The molecule has 112 valence electrons. The van der Waals surface area contributed by atoms with E-state index in [1.54, 1.807) is 0 Å². The molecule has 5 rings (SSSR count). The normalized spacial score (nSPS) is 11.3. The van der Waals surface area contributed by atoms with E-state index in [1.807, 2.05) is 60.8 Å². The van der Waals surface area contributed by atoms with Crippen molar-refractivity contribution in [1.29, 1.82) is 0 Å². The van der Waals surface area contributed by atoms with Crippen LogP contribution in [0, 0.1) is 0 Å². The van der Waals surface area contributed by atoms with Crippen molar-refractivity contribution in [3.8, 4) is 11.4 Å². The number of nitrogens with zero attached hydrogens (tertiary/aromatic N) is 3. The predicted octanol–water partition coefficient (Wildman–Crippen LogP) is 5.00. The Kier molecular flexibility index (Phi) is 2.79. The van der Waals surface area contributed by atoms with E-state index in [1.165, 1.54) is 0 Å². The van der Waals surface area contributed by atoms with Crippen molar-refractivity contribution in [1.82, 2.24) is 15.0 Å². The van der Waals surface area contributed by atoms with E-state index in [-0.39, 0.29) is 0 Å². The summed E-state index contributed by atoms with van der Waals surface area (Å²) in [6.07, 6.45) is 1.88. The highest BCUT2D eigenvalue weighted by atomic mass is 14.9. The minimum atomic E-state index is 0.733. The van der Waals surface area contributed by atoms with Gasteiger partial charge in [0, 0.05) is 27.9 Å². The summed E-state index contributed by atoms with van der Waals surface area (Å²) >= 11 is 0. The van der Waals surface area contributed by atoms with E-state index in [9.17, 15) is 0 Å². The van der Waals surface area contributed by atoms with Gasteiger partial charge in [0.15, 0.2) is 5.82 Å². The van der Waals surface area contributed by atoms with Crippen LogP contribution >= 0.6 is 0 Å². The molecule has 3 aromatic carbocycles. The molecular formula is C21H13N3. The van der Waals surface area contributed by atoms with Crippen LogP contribution in [0.4, 0.5) is 0 Å². The van der Waals surface area contributed by atoms with E-state index in [0.29, 0.717) is 0 Å². The smallest absolute Gasteiger partial charge is 0.160 e. The summed E-state index contributed by atoms with van der Waals surface area (Å²) < 4.78 is 0. The average molecular weight is 307 g/mol. The van der Waals surface area contributed by atoms with E-state index in [4.69, 9.17) is 9.97 Å². The van der Waals surface area contributed by atoms with Crippen LogP contribution in [-0.4, -0.2) is 15.0 Å². The Morgan fingerprint density at radius 3 is 2.17 bits per heavy atom. The molecule has 3 heteroatoms. The van der Waals surface area contributed by atoms with Gasteiger partial charge in [-0.2, -0.15) is 0 Å². The SMILES string of the molecule is c1ccc2nc(-c3cccc4nc5ccccc5cc34)ncc2c1. The van der Waals surface area contributed by atoms with Crippen molar-refractivity contribution in [2.24, 2.45) is 0 Å². The van der Waals surface area contributed by atoms with Crippen molar-refractivity contribution in [2.75, 3.05) is 0 Å². The fraction of sp³-hybridized carbons (Fsp3) is 0. The fourth-order valence-electron chi connectivity index (χ4n) is 3.10. The lowest BCUT2D eigenvalue weighted by atomic mass is 10.0. The standard InChI is InChI=1S/C21H13N3/c1-3-9-18-14(6-1)12-17-16(8-5-11-20(17)23-18)21-22-13-15-7-2-4-10-19(15)24-21/h1-13H. The Labute approximate surface area is 138 Å². The van der Waals surface area contributed by atoms with Crippen LogP contribution < -0.4 is 0 Å². The van der Waals surface area contributed by atoms with Gasteiger partial charge >= 0.3 is 0 Å². The zero-order valence-electron chi connectivity index (χ0n) is 12.8. The number of hydrogen-bond acceptors (Lipinski definition) is 3. The predicted molar refractivity (Wildman–Crippen MR) is 97.8 cm³/mol. The summed E-state index contributed by atoms with van der Waals surface area (Å²) in [5, 5.41) is 3.25. The van der Waals surface area contributed by atoms with Gasteiger partial charge in [-0.15, -0.1) is 0 Å². The molecule has 0 atom stereocenters. The van der Waals surface area contributed by atoms with Crippen molar-refractivity contribution in [2.45, 2.75) is 0 Å². The Hall–Kier alpha value is -3.33. The van der Waals surface area contributed by atoms with Crippen LogP contribution in [-0.2, 0) is 0 Å². The first kappa shape index (κ1) is 13.1. The van der Waals surface area contributed by atoms with Gasteiger partial charge in [-0.1, -0.05) is 48.5 Å². The zero-order chi connectivity index (χ0) is 15.9. The van der Waals surface area contributed by atoms with Gasteiger partial charge in [0.1, 0.15) is 0 Å². The molecule has 0 N–H and O–H groups in total. The lowest BCUT2D eigenvalue weighted by molar-refractivity contribution is 1.23. The number of para-hydroxylation sites is 2. The Balaban J connectivity index is 1.82. The second-order valence-corrected chi connectivity index (χ2v) is 5.81. The van der Waals surface area contributed by atoms with Gasteiger partial charge in [-0.25, -0.2) is 15.0 Å². The van der Waals surface area contributed by atoms with Crippen LogP contribution in [0.2, 0.25) is 0 Å². The average Bonchev–Trinajstić information content (AvgIpc) is 2.65. The molecule has 24 heavy (non-hydrogen) atoms. The number of pyridine rings is 1. The second kappa shape index (κ2) is 5.10. The first-order valence-electron chi connectivity index (χ1n) is 7.89. The summed E-state index contributed by atoms with van der Waals surface area (Å²) in [6.45, 7) is 0. The van der Waals surface area contributed by atoms with Crippen LogP contribution in [0.1, 0.15) is 0 Å². The number of benzene rings is 3. The van der Waals surface area contributed by atoms with E-state index < -0.39 is 0 Å². The number of hydrogen-bond donors (Lipinski definition) is 0. The Morgan fingerprint density at radius 2 is 1.29 bits per heavy atom. The molecule has 0 fully saturated rings. The van der Waals surface area contributed by atoms with Crippen molar-refractivity contribution in [3.05, 3.63) is 79.0 Å². The minimum Gasteiger partial charge on any atom is -0.248 e. The summed E-state index contributed by atoms with van der Waals surface area (Å²) in [7, 11) is 0. The largest absolute Gasteiger partial charge is 0.248 e. The summed E-state index contributed by atoms with van der Waals surface area (Å²) in [5.41, 5.74) is 3.93. The lowest BCUT2D eigenvalue weighted by Crippen LogP contribution is -1.92. The number of fused-ring (bicyclic) bond motifs is 3. The third kappa shape index (κ3) is 2.02. The monoisotopic (exact) mass is 307 g/mol. The highest BCUT2D eigenvalue weighted by Gasteiger charge is 2.09. The molecule has 0 bridgehead atoms. The molecule has 0 saturated heterocycles. The molecule has 0 saturated carbocycles. The maximum atomic E-state index is 4.77.